The molecule has 0 saturated carbocycles. The van der Waals surface area contributed by atoms with Gasteiger partial charge < -0.3 is 9.15 Å². The second kappa shape index (κ2) is 6.18. The summed E-state index contributed by atoms with van der Waals surface area (Å²) in [6.45, 7) is 2.45. The molecule has 0 unspecified atom stereocenters. The number of nitro groups is 1. The number of carbonyl (C=O) groups excluding carboxylic acids is 1. The Labute approximate surface area is 115 Å². The first kappa shape index (κ1) is 14.0. The average molecular weight is 281 g/mol. The SMILES string of the molecule is CCCC[C@@H]1CN(/N=C/c2ccc([N+](=O)[O-])o2)C(=O)O1. The van der Waals surface area contributed by atoms with Crippen LogP contribution in [0.4, 0.5) is 10.7 Å². The van der Waals surface area contributed by atoms with Gasteiger partial charge in [0.1, 0.15) is 11.0 Å². The Morgan fingerprint density at radius 1 is 1.60 bits per heavy atom. The Kier molecular flexibility index (Phi) is 4.34. The molecule has 0 N–H and O–H groups in total. The average Bonchev–Trinajstić information content (AvgIpc) is 3.01. The molecule has 1 aliphatic rings. The van der Waals surface area contributed by atoms with Gasteiger partial charge in [-0.05, 0) is 18.9 Å². The third-order valence-corrected chi connectivity index (χ3v) is 2.85. The van der Waals surface area contributed by atoms with Gasteiger partial charge in [0.2, 0.25) is 0 Å². The lowest BCUT2D eigenvalue weighted by atomic mass is 10.2. The summed E-state index contributed by atoms with van der Waals surface area (Å²) in [7, 11) is 0. The maximum Gasteiger partial charge on any atom is 0.433 e. The van der Waals surface area contributed by atoms with E-state index in [1.807, 2.05) is 0 Å². The van der Waals surface area contributed by atoms with E-state index in [9.17, 15) is 14.9 Å². The summed E-state index contributed by atoms with van der Waals surface area (Å²) in [5, 5.41) is 15.6. The van der Waals surface area contributed by atoms with E-state index in [2.05, 4.69) is 12.0 Å². The van der Waals surface area contributed by atoms with Gasteiger partial charge in [-0.1, -0.05) is 13.3 Å². The summed E-state index contributed by atoms with van der Waals surface area (Å²) >= 11 is 0. The highest BCUT2D eigenvalue weighted by atomic mass is 16.6. The van der Waals surface area contributed by atoms with Crippen molar-refractivity contribution in [2.24, 2.45) is 5.10 Å². The van der Waals surface area contributed by atoms with Crippen molar-refractivity contribution in [3.05, 3.63) is 28.0 Å². The number of ether oxygens (including phenoxy) is 1. The van der Waals surface area contributed by atoms with Crippen molar-refractivity contribution >= 4 is 18.2 Å². The molecule has 1 aliphatic heterocycles. The van der Waals surface area contributed by atoms with Crippen LogP contribution in [0.2, 0.25) is 0 Å². The van der Waals surface area contributed by atoms with Gasteiger partial charge in [0, 0.05) is 0 Å². The summed E-state index contributed by atoms with van der Waals surface area (Å²) in [4.78, 5) is 21.3. The van der Waals surface area contributed by atoms with Crippen LogP contribution in [0.1, 0.15) is 31.9 Å². The molecule has 2 heterocycles. The van der Waals surface area contributed by atoms with Crippen LogP contribution in [-0.2, 0) is 4.74 Å². The molecule has 1 aromatic heterocycles. The maximum atomic E-state index is 11.5. The van der Waals surface area contributed by atoms with Crippen LogP contribution in [-0.4, -0.2) is 34.9 Å². The molecule has 0 aliphatic carbocycles. The van der Waals surface area contributed by atoms with Crippen molar-refractivity contribution in [3.63, 3.8) is 0 Å². The predicted molar refractivity (Wildman–Crippen MR) is 69.5 cm³/mol. The quantitative estimate of drug-likeness (QED) is 0.453. The number of furan rings is 1. The first-order chi connectivity index (χ1) is 9.60. The highest BCUT2D eigenvalue weighted by Gasteiger charge is 2.30. The molecule has 0 radical (unpaired) electrons. The molecular weight excluding hydrogens is 266 g/mol. The Hall–Kier alpha value is -2.38. The van der Waals surface area contributed by atoms with Crippen molar-refractivity contribution in [2.45, 2.75) is 32.3 Å². The number of amides is 1. The van der Waals surface area contributed by atoms with Crippen LogP contribution >= 0.6 is 0 Å². The molecule has 0 aromatic carbocycles. The molecule has 0 spiro atoms. The van der Waals surface area contributed by atoms with Gasteiger partial charge in [-0.25, -0.2) is 4.79 Å². The van der Waals surface area contributed by atoms with Crippen molar-refractivity contribution < 1.29 is 18.9 Å². The second-order valence-corrected chi connectivity index (χ2v) is 4.41. The van der Waals surface area contributed by atoms with Gasteiger partial charge in [-0.15, -0.1) is 0 Å². The number of hydrogen-bond acceptors (Lipinski definition) is 6. The molecule has 1 atom stereocenters. The van der Waals surface area contributed by atoms with Gasteiger partial charge in [-0.2, -0.15) is 10.1 Å². The highest BCUT2D eigenvalue weighted by molar-refractivity contribution is 5.78. The highest BCUT2D eigenvalue weighted by Crippen LogP contribution is 2.18. The molecular formula is C12H15N3O5. The van der Waals surface area contributed by atoms with Crippen LogP contribution in [0, 0.1) is 10.1 Å². The first-order valence-electron chi connectivity index (χ1n) is 6.36. The number of hydrogen-bond donors (Lipinski definition) is 0. The summed E-state index contributed by atoms with van der Waals surface area (Å²) in [5.74, 6) is -0.155. The maximum absolute atomic E-state index is 11.5. The van der Waals surface area contributed by atoms with Crippen LogP contribution in [0.3, 0.4) is 0 Å². The van der Waals surface area contributed by atoms with Crippen molar-refractivity contribution in [1.82, 2.24) is 5.01 Å². The van der Waals surface area contributed by atoms with E-state index in [1.54, 1.807) is 0 Å². The van der Waals surface area contributed by atoms with Crippen LogP contribution in [0.25, 0.3) is 0 Å². The molecule has 0 bridgehead atoms. The largest absolute Gasteiger partial charge is 0.443 e. The number of nitrogens with zero attached hydrogens (tertiary/aromatic N) is 3. The van der Waals surface area contributed by atoms with Gasteiger partial charge in [-0.3, -0.25) is 10.1 Å². The van der Waals surface area contributed by atoms with Gasteiger partial charge in [0.05, 0.1) is 18.8 Å². The predicted octanol–water partition coefficient (Wildman–Crippen LogP) is 2.53. The van der Waals surface area contributed by atoms with Crippen LogP contribution in [0.15, 0.2) is 21.7 Å². The molecule has 1 fully saturated rings. The molecule has 20 heavy (non-hydrogen) atoms. The summed E-state index contributed by atoms with van der Waals surface area (Å²) in [6.07, 6.45) is 3.43. The number of cyclic esters (lactones) is 1. The lowest BCUT2D eigenvalue weighted by Crippen LogP contribution is -2.19. The van der Waals surface area contributed by atoms with E-state index in [1.165, 1.54) is 23.4 Å². The third-order valence-electron chi connectivity index (χ3n) is 2.85. The fraction of sp³-hybridized carbons (Fsp3) is 0.500. The number of unbranched alkanes of at least 4 members (excludes halogenated alkanes) is 1. The normalized spacial score (nSPS) is 18.8. The zero-order chi connectivity index (χ0) is 14.5. The lowest BCUT2D eigenvalue weighted by Gasteiger charge is -2.05. The molecule has 8 heteroatoms. The van der Waals surface area contributed by atoms with E-state index in [4.69, 9.17) is 9.15 Å². The molecule has 2 rings (SSSR count). The van der Waals surface area contributed by atoms with Crippen LogP contribution in [0.5, 0.6) is 0 Å². The smallest absolute Gasteiger partial charge is 0.433 e. The van der Waals surface area contributed by atoms with E-state index in [0.29, 0.717) is 6.54 Å². The van der Waals surface area contributed by atoms with Gasteiger partial charge in [0.15, 0.2) is 5.76 Å². The summed E-state index contributed by atoms with van der Waals surface area (Å²) < 4.78 is 10.0. The lowest BCUT2D eigenvalue weighted by molar-refractivity contribution is -0.402. The summed E-state index contributed by atoms with van der Waals surface area (Å²) in [6, 6.07) is 2.64. The molecule has 1 aromatic rings. The van der Waals surface area contributed by atoms with Crippen molar-refractivity contribution in [1.29, 1.82) is 0 Å². The molecule has 8 nitrogen and oxygen atoms in total. The van der Waals surface area contributed by atoms with Crippen molar-refractivity contribution in [3.8, 4) is 0 Å². The Balaban J connectivity index is 1.93. The zero-order valence-corrected chi connectivity index (χ0v) is 11.0. The summed E-state index contributed by atoms with van der Waals surface area (Å²) in [5.41, 5.74) is 0. The van der Waals surface area contributed by atoms with E-state index in [-0.39, 0.29) is 17.7 Å². The molecule has 1 amide bonds. The second-order valence-electron chi connectivity index (χ2n) is 4.41. The topological polar surface area (TPSA) is 98.2 Å². The Bertz CT molecular complexity index is 525. The Morgan fingerprint density at radius 3 is 3.05 bits per heavy atom. The minimum atomic E-state index is -0.637. The number of rotatable bonds is 6. The minimum Gasteiger partial charge on any atom is -0.443 e. The van der Waals surface area contributed by atoms with E-state index >= 15 is 0 Å². The van der Waals surface area contributed by atoms with Crippen molar-refractivity contribution in [2.75, 3.05) is 6.54 Å². The number of hydrazone groups is 1. The Morgan fingerprint density at radius 2 is 2.40 bits per heavy atom. The molecule has 108 valence electrons. The fourth-order valence-electron chi connectivity index (χ4n) is 1.82. The number of carbonyl (C=O) groups is 1. The fourth-order valence-corrected chi connectivity index (χ4v) is 1.82. The minimum absolute atomic E-state index is 0.148. The van der Waals surface area contributed by atoms with E-state index in [0.717, 1.165) is 19.3 Å². The monoisotopic (exact) mass is 281 g/mol. The third kappa shape index (κ3) is 3.34. The standard InChI is InChI=1S/C12H15N3O5/c1-2-3-4-10-8-14(12(16)20-10)13-7-9-5-6-11(19-9)15(17)18/h5-7,10H,2-4,8H2,1H3/b13-7+/t10-/m1/s1. The van der Waals surface area contributed by atoms with Gasteiger partial charge >= 0.3 is 12.0 Å². The van der Waals surface area contributed by atoms with E-state index < -0.39 is 11.0 Å². The van der Waals surface area contributed by atoms with Gasteiger partial charge in [0.25, 0.3) is 0 Å². The molecule has 1 saturated heterocycles. The zero-order valence-electron chi connectivity index (χ0n) is 11.0. The first-order valence-corrected chi connectivity index (χ1v) is 6.36. The van der Waals surface area contributed by atoms with Crippen LogP contribution < -0.4 is 0 Å².